The fourth-order valence-electron chi connectivity index (χ4n) is 0.864. The van der Waals surface area contributed by atoms with E-state index in [0.29, 0.717) is 11.8 Å². The van der Waals surface area contributed by atoms with E-state index in [9.17, 15) is 9.59 Å². The highest BCUT2D eigenvalue weighted by Crippen LogP contribution is 2.04. The van der Waals surface area contributed by atoms with E-state index in [4.69, 9.17) is 0 Å². The second-order valence-corrected chi connectivity index (χ2v) is 2.60. The molecule has 0 saturated heterocycles. The smallest absolute Gasteiger partial charge is 0.413 e. The van der Waals surface area contributed by atoms with Crippen LogP contribution in [0.3, 0.4) is 0 Å². The maximum atomic E-state index is 11.1. The normalized spacial score (nSPS) is 9.07. The summed E-state index contributed by atoms with van der Waals surface area (Å²) in [7, 11) is 0. The van der Waals surface area contributed by atoms with E-state index in [1.807, 2.05) is 0 Å². The lowest BCUT2D eigenvalue weighted by Gasteiger charge is -2.04. The Hall–Kier alpha value is -2.17. The minimum Gasteiger partial charge on any atom is -0.445 e. The molecule has 1 rings (SSSR count). The highest BCUT2D eigenvalue weighted by molar-refractivity contribution is 5.85. The van der Waals surface area contributed by atoms with Gasteiger partial charge in [0.15, 0.2) is 0 Å². The van der Waals surface area contributed by atoms with Gasteiger partial charge in [0.25, 0.3) is 0 Å². The van der Waals surface area contributed by atoms with Crippen molar-refractivity contribution in [1.29, 1.82) is 0 Å². The monoisotopic (exact) mass is 206 g/mol. The number of nitrogens with zero attached hydrogens (tertiary/aromatic N) is 1. The lowest BCUT2D eigenvalue weighted by molar-refractivity contribution is 0.112. The Labute approximate surface area is 86.8 Å². The third kappa shape index (κ3) is 3.60. The van der Waals surface area contributed by atoms with Crippen LogP contribution in [0, 0.1) is 0 Å². The van der Waals surface area contributed by atoms with Crippen molar-refractivity contribution in [2.75, 3.05) is 11.9 Å². The van der Waals surface area contributed by atoms with Crippen LogP contribution in [0.4, 0.5) is 10.6 Å². The van der Waals surface area contributed by atoms with Gasteiger partial charge in [-0.15, -0.1) is 0 Å². The molecule has 0 aromatic carbocycles. The van der Waals surface area contributed by atoms with Crippen molar-refractivity contribution >= 4 is 18.2 Å². The van der Waals surface area contributed by atoms with Crippen LogP contribution in [0.1, 0.15) is 10.4 Å². The van der Waals surface area contributed by atoms with Crippen molar-refractivity contribution in [2.45, 2.75) is 0 Å². The number of aromatic nitrogens is 1. The van der Waals surface area contributed by atoms with Gasteiger partial charge in [0, 0.05) is 11.8 Å². The molecule has 78 valence electrons. The largest absolute Gasteiger partial charge is 0.445 e. The zero-order valence-corrected chi connectivity index (χ0v) is 7.97. The number of nitrogens with one attached hydrogen (secondary N) is 1. The van der Waals surface area contributed by atoms with Gasteiger partial charge < -0.3 is 4.74 Å². The summed E-state index contributed by atoms with van der Waals surface area (Å²) in [5.74, 6) is 0.272. The van der Waals surface area contributed by atoms with Crippen LogP contribution in [0.5, 0.6) is 0 Å². The quantitative estimate of drug-likeness (QED) is 0.600. The van der Waals surface area contributed by atoms with E-state index >= 15 is 0 Å². The molecule has 0 atom stereocenters. The molecule has 1 heterocycles. The molecule has 0 aliphatic heterocycles. The minimum atomic E-state index is -0.634. The van der Waals surface area contributed by atoms with E-state index < -0.39 is 6.09 Å². The summed E-state index contributed by atoms with van der Waals surface area (Å²) >= 11 is 0. The van der Waals surface area contributed by atoms with E-state index in [1.165, 1.54) is 24.4 Å². The number of amides is 1. The summed E-state index contributed by atoms with van der Waals surface area (Å²) < 4.78 is 4.67. The number of ether oxygens (including phenoxy) is 1. The molecular weight excluding hydrogens is 196 g/mol. The predicted octanol–water partition coefficient (Wildman–Crippen LogP) is 1.63. The Balaban J connectivity index is 2.59. The number of pyridine rings is 1. The molecule has 1 aromatic rings. The Morgan fingerprint density at radius 1 is 1.67 bits per heavy atom. The van der Waals surface area contributed by atoms with Gasteiger partial charge in [-0.2, -0.15) is 0 Å². The number of hydrogen-bond donors (Lipinski definition) is 1. The summed E-state index contributed by atoms with van der Waals surface area (Å²) in [6.45, 7) is 3.52. The summed E-state index contributed by atoms with van der Waals surface area (Å²) in [6.07, 6.45) is 2.91. The van der Waals surface area contributed by atoms with Gasteiger partial charge in [-0.1, -0.05) is 12.7 Å². The molecule has 1 aromatic heterocycles. The topological polar surface area (TPSA) is 68.3 Å². The first kappa shape index (κ1) is 10.9. The molecule has 0 fully saturated rings. The first-order chi connectivity index (χ1) is 7.26. The number of carbonyl (C=O) groups is 2. The number of carbonyl (C=O) groups excluding carboxylic acids is 2. The van der Waals surface area contributed by atoms with Gasteiger partial charge in [-0.05, 0) is 12.1 Å². The number of hydrogen-bond acceptors (Lipinski definition) is 4. The molecule has 0 bridgehead atoms. The summed E-state index contributed by atoms with van der Waals surface area (Å²) in [4.78, 5) is 25.3. The van der Waals surface area contributed by atoms with Crippen LogP contribution in [-0.4, -0.2) is 24.0 Å². The lowest BCUT2D eigenvalue weighted by atomic mass is 10.3. The second kappa shape index (κ2) is 5.54. The van der Waals surface area contributed by atoms with Crippen molar-refractivity contribution in [2.24, 2.45) is 0 Å². The first-order valence-electron chi connectivity index (χ1n) is 4.22. The van der Waals surface area contributed by atoms with E-state index in [0.717, 1.165) is 0 Å². The summed E-state index contributed by atoms with van der Waals surface area (Å²) in [5.41, 5.74) is 0.434. The van der Waals surface area contributed by atoms with Crippen LogP contribution in [-0.2, 0) is 4.74 Å². The minimum absolute atomic E-state index is 0.124. The molecule has 1 amide bonds. The SMILES string of the molecule is C=CCOC(=O)Nc1cc(C=O)ccn1. The third-order valence-electron chi connectivity index (χ3n) is 1.48. The lowest BCUT2D eigenvalue weighted by Crippen LogP contribution is -2.14. The van der Waals surface area contributed by atoms with Crippen LogP contribution >= 0.6 is 0 Å². The molecule has 1 N–H and O–H groups in total. The average Bonchev–Trinajstić information content (AvgIpc) is 2.26. The maximum absolute atomic E-state index is 11.1. The Morgan fingerprint density at radius 2 is 2.47 bits per heavy atom. The van der Waals surface area contributed by atoms with Crippen molar-refractivity contribution in [3.63, 3.8) is 0 Å². The zero-order valence-electron chi connectivity index (χ0n) is 7.97. The third-order valence-corrected chi connectivity index (χ3v) is 1.48. The van der Waals surface area contributed by atoms with Crippen LogP contribution < -0.4 is 5.32 Å². The van der Waals surface area contributed by atoms with Crippen molar-refractivity contribution in [1.82, 2.24) is 4.98 Å². The van der Waals surface area contributed by atoms with E-state index in [-0.39, 0.29) is 12.4 Å². The fourth-order valence-corrected chi connectivity index (χ4v) is 0.864. The molecule has 0 saturated carbocycles. The number of aldehydes is 1. The highest BCUT2D eigenvalue weighted by atomic mass is 16.5. The van der Waals surface area contributed by atoms with Crippen LogP contribution in [0.25, 0.3) is 0 Å². The zero-order chi connectivity index (χ0) is 11.1. The van der Waals surface area contributed by atoms with Crippen LogP contribution in [0.2, 0.25) is 0 Å². The molecule has 0 aliphatic rings. The van der Waals surface area contributed by atoms with Gasteiger partial charge in [0.1, 0.15) is 18.7 Å². The van der Waals surface area contributed by atoms with Gasteiger partial charge in [0.05, 0.1) is 0 Å². The summed E-state index contributed by atoms with van der Waals surface area (Å²) in [6, 6.07) is 2.98. The average molecular weight is 206 g/mol. The van der Waals surface area contributed by atoms with Gasteiger partial charge >= 0.3 is 6.09 Å². The van der Waals surface area contributed by atoms with E-state index in [1.54, 1.807) is 0 Å². The Kier molecular flexibility index (Phi) is 4.03. The summed E-state index contributed by atoms with van der Waals surface area (Å²) in [5, 5.41) is 2.37. The molecule has 0 radical (unpaired) electrons. The molecule has 5 heteroatoms. The van der Waals surface area contributed by atoms with Crippen molar-refractivity contribution in [3.8, 4) is 0 Å². The number of anilines is 1. The van der Waals surface area contributed by atoms with Crippen molar-refractivity contribution < 1.29 is 14.3 Å². The van der Waals surface area contributed by atoms with Gasteiger partial charge in [-0.25, -0.2) is 9.78 Å². The predicted molar refractivity (Wildman–Crippen MR) is 54.8 cm³/mol. The molecule has 0 unspecified atom stereocenters. The van der Waals surface area contributed by atoms with Gasteiger partial charge in [-0.3, -0.25) is 10.1 Å². The number of rotatable bonds is 4. The maximum Gasteiger partial charge on any atom is 0.413 e. The highest BCUT2D eigenvalue weighted by Gasteiger charge is 2.03. The van der Waals surface area contributed by atoms with Crippen molar-refractivity contribution in [3.05, 3.63) is 36.5 Å². The molecule has 0 aliphatic carbocycles. The second-order valence-electron chi connectivity index (χ2n) is 2.60. The molecule has 5 nitrogen and oxygen atoms in total. The Morgan fingerprint density at radius 3 is 3.13 bits per heavy atom. The van der Waals surface area contributed by atoms with Crippen LogP contribution in [0.15, 0.2) is 31.0 Å². The molecule has 0 spiro atoms. The van der Waals surface area contributed by atoms with Gasteiger partial charge in [0.2, 0.25) is 0 Å². The standard InChI is InChI=1S/C10H10N2O3/c1-2-5-15-10(14)12-9-6-8(7-13)3-4-11-9/h2-4,6-7H,1,5H2,(H,11,12,14). The molecular formula is C10H10N2O3. The Bertz CT molecular complexity index is 377. The van der Waals surface area contributed by atoms with E-state index in [2.05, 4.69) is 21.6 Å². The first-order valence-corrected chi connectivity index (χ1v) is 4.22. The molecule has 15 heavy (non-hydrogen) atoms. The fraction of sp³-hybridized carbons (Fsp3) is 0.100.